The summed E-state index contributed by atoms with van der Waals surface area (Å²) in [5.41, 5.74) is 7.22. The minimum Gasteiger partial charge on any atom is -0.493 e. The second-order valence-corrected chi connectivity index (χ2v) is 7.11. The van der Waals surface area contributed by atoms with Crippen LogP contribution in [0.25, 0.3) is 0 Å². The molecule has 0 bridgehead atoms. The number of hydrogen-bond donors (Lipinski definition) is 1. The number of rotatable bonds is 9. The van der Waals surface area contributed by atoms with E-state index in [0.717, 1.165) is 36.3 Å². The number of ether oxygens (including phenoxy) is 2. The van der Waals surface area contributed by atoms with E-state index in [1.165, 1.54) is 0 Å². The predicted molar refractivity (Wildman–Crippen MR) is 94.2 cm³/mol. The Morgan fingerprint density at radius 2 is 1.96 bits per heavy atom. The van der Waals surface area contributed by atoms with Crippen LogP contribution in [0.4, 0.5) is 0 Å². The molecule has 0 aliphatic carbocycles. The summed E-state index contributed by atoms with van der Waals surface area (Å²) in [7, 11) is 1.63. The number of aryl methyl sites for hydroxylation is 1. The number of benzene rings is 1. The molecule has 23 heavy (non-hydrogen) atoms. The number of methoxy groups -OCH3 is 1. The van der Waals surface area contributed by atoms with Crippen LogP contribution in [-0.4, -0.2) is 25.5 Å². The summed E-state index contributed by atoms with van der Waals surface area (Å²) in [4.78, 5) is 12.1. The molecule has 0 aliphatic heterocycles. The van der Waals surface area contributed by atoms with Crippen LogP contribution in [0.2, 0.25) is 0 Å². The zero-order chi connectivity index (χ0) is 17.5. The van der Waals surface area contributed by atoms with Crippen LogP contribution >= 0.6 is 0 Å². The van der Waals surface area contributed by atoms with Crippen molar-refractivity contribution in [1.29, 1.82) is 0 Å². The topological polar surface area (TPSA) is 61.5 Å². The third kappa shape index (κ3) is 7.04. The van der Waals surface area contributed by atoms with Crippen LogP contribution in [0, 0.1) is 5.41 Å². The van der Waals surface area contributed by atoms with Gasteiger partial charge in [-0.25, -0.2) is 0 Å². The first kappa shape index (κ1) is 19.5. The summed E-state index contributed by atoms with van der Waals surface area (Å²) in [5.74, 6) is 1.64. The van der Waals surface area contributed by atoms with E-state index in [1.54, 1.807) is 7.11 Å². The van der Waals surface area contributed by atoms with Gasteiger partial charge in [-0.3, -0.25) is 4.79 Å². The Kier molecular flexibility index (Phi) is 7.56. The van der Waals surface area contributed by atoms with Crippen LogP contribution in [-0.2, 0) is 11.2 Å². The lowest BCUT2D eigenvalue weighted by Gasteiger charge is -2.22. The van der Waals surface area contributed by atoms with Gasteiger partial charge in [0.05, 0.1) is 19.8 Å². The zero-order valence-electron chi connectivity index (χ0n) is 15.1. The van der Waals surface area contributed by atoms with E-state index in [4.69, 9.17) is 15.2 Å². The predicted octanol–water partition coefficient (Wildman–Crippen LogP) is 3.75. The van der Waals surface area contributed by atoms with Crippen LogP contribution in [0.15, 0.2) is 18.2 Å². The van der Waals surface area contributed by atoms with E-state index in [9.17, 15) is 4.79 Å². The molecule has 2 N–H and O–H groups in total. The molecule has 0 aromatic heterocycles. The fraction of sp³-hybridized carbons (Fsp3) is 0.632. The maximum absolute atomic E-state index is 12.1. The number of carbonyl (C=O) groups is 1. The molecule has 0 fully saturated rings. The Morgan fingerprint density at radius 1 is 1.26 bits per heavy atom. The standard InChI is InChI=1S/C19H31NO3/c1-6-23-18-12-14(10-11-17(18)22-5)8-7-9-16(21)15(20)13-19(2,3)4/h10-12,15H,6-9,13,20H2,1-5H3/t15-/m1/s1. The molecule has 0 radical (unpaired) electrons. The van der Waals surface area contributed by atoms with E-state index in [-0.39, 0.29) is 17.2 Å². The molecule has 0 heterocycles. The van der Waals surface area contributed by atoms with Crippen LogP contribution in [0.1, 0.15) is 52.5 Å². The Morgan fingerprint density at radius 3 is 2.52 bits per heavy atom. The highest BCUT2D eigenvalue weighted by Crippen LogP contribution is 2.28. The van der Waals surface area contributed by atoms with Crippen molar-refractivity contribution in [3.63, 3.8) is 0 Å². The van der Waals surface area contributed by atoms with Gasteiger partial charge in [0, 0.05) is 6.42 Å². The third-order valence-electron chi connectivity index (χ3n) is 3.66. The quantitative estimate of drug-likeness (QED) is 0.752. The lowest BCUT2D eigenvalue weighted by molar-refractivity contribution is -0.121. The van der Waals surface area contributed by atoms with E-state index in [2.05, 4.69) is 20.8 Å². The van der Waals surface area contributed by atoms with Crippen LogP contribution in [0.3, 0.4) is 0 Å². The highest BCUT2D eigenvalue weighted by Gasteiger charge is 2.20. The summed E-state index contributed by atoms with van der Waals surface area (Å²) < 4.78 is 10.9. The zero-order valence-corrected chi connectivity index (χ0v) is 15.1. The fourth-order valence-electron chi connectivity index (χ4n) is 2.57. The number of ketones is 1. The average molecular weight is 321 g/mol. The molecule has 0 aliphatic rings. The first-order valence-corrected chi connectivity index (χ1v) is 8.35. The first-order chi connectivity index (χ1) is 10.8. The monoisotopic (exact) mass is 321 g/mol. The molecule has 0 saturated carbocycles. The van der Waals surface area contributed by atoms with Crippen molar-refractivity contribution >= 4 is 5.78 Å². The largest absolute Gasteiger partial charge is 0.493 e. The van der Waals surface area contributed by atoms with Crippen molar-refractivity contribution in [3.05, 3.63) is 23.8 Å². The van der Waals surface area contributed by atoms with Crippen molar-refractivity contribution in [2.24, 2.45) is 11.1 Å². The number of Topliss-reactive ketones (excluding diaryl/α,β-unsaturated/α-hetero) is 1. The number of hydrogen-bond acceptors (Lipinski definition) is 4. The van der Waals surface area contributed by atoms with Gasteiger partial charge in [0.25, 0.3) is 0 Å². The molecule has 0 unspecified atom stereocenters. The Hall–Kier alpha value is -1.55. The van der Waals surface area contributed by atoms with Crippen molar-refractivity contribution in [2.75, 3.05) is 13.7 Å². The minimum atomic E-state index is -0.357. The highest BCUT2D eigenvalue weighted by molar-refractivity contribution is 5.83. The fourth-order valence-corrected chi connectivity index (χ4v) is 2.57. The van der Waals surface area contributed by atoms with E-state index in [0.29, 0.717) is 13.0 Å². The number of nitrogens with two attached hydrogens (primary N) is 1. The van der Waals surface area contributed by atoms with Crippen molar-refractivity contribution in [1.82, 2.24) is 0 Å². The number of carbonyl (C=O) groups excluding carboxylic acids is 1. The summed E-state index contributed by atoms with van der Waals surface area (Å²) >= 11 is 0. The van der Waals surface area contributed by atoms with Gasteiger partial charge in [0.15, 0.2) is 11.5 Å². The maximum atomic E-state index is 12.1. The van der Waals surface area contributed by atoms with Gasteiger partial charge in [-0.2, -0.15) is 0 Å². The summed E-state index contributed by atoms with van der Waals surface area (Å²) in [6, 6.07) is 5.56. The molecule has 1 aromatic rings. The summed E-state index contributed by atoms with van der Waals surface area (Å²) in [5, 5.41) is 0. The maximum Gasteiger partial charge on any atom is 0.161 e. The molecule has 0 saturated heterocycles. The van der Waals surface area contributed by atoms with E-state index in [1.807, 2.05) is 25.1 Å². The van der Waals surface area contributed by atoms with Crippen molar-refractivity contribution in [2.45, 2.75) is 59.4 Å². The Balaban J connectivity index is 2.52. The molecule has 4 nitrogen and oxygen atoms in total. The van der Waals surface area contributed by atoms with Crippen LogP contribution < -0.4 is 15.2 Å². The van der Waals surface area contributed by atoms with Gasteiger partial charge in [-0.1, -0.05) is 26.8 Å². The third-order valence-corrected chi connectivity index (χ3v) is 3.66. The molecule has 130 valence electrons. The van der Waals surface area contributed by atoms with Gasteiger partial charge in [-0.05, 0) is 49.3 Å². The smallest absolute Gasteiger partial charge is 0.161 e. The summed E-state index contributed by atoms with van der Waals surface area (Å²) in [6.45, 7) is 8.85. The molecule has 1 aromatic carbocycles. The lowest BCUT2D eigenvalue weighted by atomic mass is 9.86. The van der Waals surface area contributed by atoms with Gasteiger partial charge in [0.2, 0.25) is 0 Å². The lowest BCUT2D eigenvalue weighted by Crippen LogP contribution is -2.34. The Bertz CT molecular complexity index is 506. The van der Waals surface area contributed by atoms with Crippen molar-refractivity contribution < 1.29 is 14.3 Å². The second kappa shape index (κ2) is 8.92. The highest BCUT2D eigenvalue weighted by atomic mass is 16.5. The van der Waals surface area contributed by atoms with E-state index >= 15 is 0 Å². The van der Waals surface area contributed by atoms with E-state index < -0.39 is 0 Å². The minimum absolute atomic E-state index is 0.0808. The SMILES string of the molecule is CCOc1cc(CCCC(=O)[C@H](N)CC(C)(C)C)ccc1OC. The van der Waals surface area contributed by atoms with Crippen molar-refractivity contribution in [3.8, 4) is 11.5 Å². The molecule has 0 spiro atoms. The van der Waals surface area contributed by atoms with Crippen LogP contribution in [0.5, 0.6) is 11.5 Å². The molecule has 4 heteroatoms. The molecule has 1 atom stereocenters. The molecular weight excluding hydrogens is 290 g/mol. The Labute approximate surface area is 140 Å². The molecular formula is C19H31NO3. The average Bonchev–Trinajstić information content (AvgIpc) is 2.46. The van der Waals surface area contributed by atoms with Gasteiger partial charge >= 0.3 is 0 Å². The van der Waals surface area contributed by atoms with Gasteiger partial charge < -0.3 is 15.2 Å². The summed E-state index contributed by atoms with van der Waals surface area (Å²) in [6.07, 6.45) is 2.88. The molecule has 1 rings (SSSR count). The van der Waals surface area contributed by atoms with Gasteiger partial charge in [0.1, 0.15) is 5.78 Å². The molecule has 0 amide bonds. The first-order valence-electron chi connectivity index (χ1n) is 8.35. The normalized spacial score (nSPS) is 12.8. The second-order valence-electron chi connectivity index (χ2n) is 7.11. The van der Waals surface area contributed by atoms with Gasteiger partial charge in [-0.15, -0.1) is 0 Å².